The molecule has 0 saturated heterocycles. The number of carbonyl (C=O) groups excluding carboxylic acids is 4. The molecule has 1 aliphatic rings. The molecule has 0 bridgehead atoms. The average Bonchev–Trinajstić information content (AvgIpc) is 2.90. The van der Waals surface area contributed by atoms with Crippen molar-refractivity contribution in [3.05, 3.63) is 35.4 Å². The molecular weight excluding hydrogens is 336 g/mol. The largest absolute Gasteiger partial charge is 0.467 e. The number of benzene rings is 1. The lowest BCUT2D eigenvalue weighted by molar-refractivity contribution is -0.146. The minimum Gasteiger partial charge on any atom is -0.467 e. The Kier molecular flexibility index (Phi) is 6.49. The standard InChI is InChI=1S/C19H24N2O5/c1-4-12(2)16(19(25)26-3)20-15(22)10-7-11-21-17(23)13-8-5-6-9-14(13)18(21)24/h5-6,8-9,12,16H,4,7,10-11H2,1-3H3,(H,20,22)/t12-,16+/m0/s1. The Bertz CT molecular complexity index is 681. The molecule has 1 heterocycles. The lowest BCUT2D eigenvalue weighted by Crippen LogP contribution is -2.45. The number of imide groups is 1. The van der Waals surface area contributed by atoms with Crippen molar-refractivity contribution in [2.45, 2.75) is 39.2 Å². The SMILES string of the molecule is CC[C@H](C)[C@@H](NC(=O)CCCN1C(=O)c2ccccc2C1=O)C(=O)OC. The van der Waals surface area contributed by atoms with Crippen LogP contribution in [0.5, 0.6) is 0 Å². The summed E-state index contributed by atoms with van der Waals surface area (Å²) in [6, 6.07) is 5.97. The molecular formula is C19H24N2O5. The fraction of sp³-hybridized carbons (Fsp3) is 0.474. The van der Waals surface area contributed by atoms with E-state index in [4.69, 9.17) is 4.74 Å². The van der Waals surface area contributed by atoms with E-state index < -0.39 is 12.0 Å². The molecule has 0 fully saturated rings. The van der Waals surface area contributed by atoms with Gasteiger partial charge in [-0.2, -0.15) is 0 Å². The molecule has 1 aromatic carbocycles. The van der Waals surface area contributed by atoms with E-state index in [2.05, 4.69) is 5.32 Å². The zero-order valence-corrected chi connectivity index (χ0v) is 15.3. The van der Waals surface area contributed by atoms with Gasteiger partial charge < -0.3 is 10.1 Å². The minimum atomic E-state index is -0.697. The second kappa shape index (κ2) is 8.60. The van der Waals surface area contributed by atoms with Gasteiger partial charge in [-0.3, -0.25) is 19.3 Å². The van der Waals surface area contributed by atoms with Crippen LogP contribution in [0.2, 0.25) is 0 Å². The van der Waals surface area contributed by atoms with Gasteiger partial charge in [-0.05, 0) is 24.5 Å². The Morgan fingerprint density at radius 1 is 1.15 bits per heavy atom. The summed E-state index contributed by atoms with van der Waals surface area (Å²) in [5.74, 6) is -1.51. The molecule has 26 heavy (non-hydrogen) atoms. The first-order valence-electron chi connectivity index (χ1n) is 8.73. The van der Waals surface area contributed by atoms with Crippen LogP contribution in [-0.2, 0) is 14.3 Å². The van der Waals surface area contributed by atoms with Crippen LogP contribution in [0.4, 0.5) is 0 Å². The van der Waals surface area contributed by atoms with Gasteiger partial charge in [0.1, 0.15) is 6.04 Å². The monoisotopic (exact) mass is 360 g/mol. The fourth-order valence-corrected chi connectivity index (χ4v) is 2.88. The molecule has 140 valence electrons. The number of fused-ring (bicyclic) bond motifs is 1. The fourth-order valence-electron chi connectivity index (χ4n) is 2.88. The highest BCUT2D eigenvalue weighted by Gasteiger charge is 2.34. The normalized spacial score (nSPS) is 15.4. The van der Waals surface area contributed by atoms with Gasteiger partial charge in [0, 0.05) is 13.0 Å². The highest BCUT2D eigenvalue weighted by molar-refractivity contribution is 6.21. The van der Waals surface area contributed by atoms with Gasteiger partial charge in [0.15, 0.2) is 0 Å². The number of hydrogen-bond acceptors (Lipinski definition) is 5. The van der Waals surface area contributed by atoms with Gasteiger partial charge in [0.05, 0.1) is 18.2 Å². The summed E-state index contributed by atoms with van der Waals surface area (Å²) >= 11 is 0. The molecule has 0 unspecified atom stereocenters. The molecule has 2 rings (SSSR count). The van der Waals surface area contributed by atoms with Gasteiger partial charge in [0.2, 0.25) is 5.91 Å². The molecule has 0 saturated carbocycles. The first kappa shape index (κ1) is 19.6. The molecule has 2 atom stereocenters. The molecule has 3 amide bonds. The summed E-state index contributed by atoms with van der Waals surface area (Å²) in [4.78, 5) is 49.6. The van der Waals surface area contributed by atoms with Crippen molar-refractivity contribution in [3.8, 4) is 0 Å². The Hall–Kier alpha value is -2.70. The lowest BCUT2D eigenvalue weighted by atomic mass is 9.99. The number of nitrogens with one attached hydrogen (secondary N) is 1. The zero-order chi connectivity index (χ0) is 19.3. The summed E-state index contributed by atoms with van der Waals surface area (Å²) in [6.07, 6.45) is 1.15. The summed E-state index contributed by atoms with van der Waals surface area (Å²) in [7, 11) is 1.28. The lowest BCUT2D eigenvalue weighted by Gasteiger charge is -2.22. The maximum Gasteiger partial charge on any atom is 0.328 e. The second-order valence-electron chi connectivity index (χ2n) is 6.36. The van der Waals surface area contributed by atoms with Crippen LogP contribution >= 0.6 is 0 Å². The van der Waals surface area contributed by atoms with Crippen LogP contribution in [0.25, 0.3) is 0 Å². The number of rotatable bonds is 8. The molecule has 1 aromatic rings. The summed E-state index contributed by atoms with van der Waals surface area (Å²) in [5, 5.41) is 2.68. The van der Waals surface area contributed by atoms with E-state index in [0.717, 1.165) is 11.3 Å². The van der Waals surface area contributed by atoms with Crippen molar-refractivity contribution in [2.24, 2.45) is 5.92 Å². The topological polar surface area (TPSA) is 92.8 Å². The maximum atomic E-state index is 12.3. The molecule has 1 aliphatic heterocycles. The number of nitrogens with zero attached hydrogens (tertiary/aromatic N) is 1. The molecule has 1 N–H and O–H groups in total. The Morgan fingerprint density at radius 3 is 2.23 bits per heavy atom. The molecule has 0 aromatic heterocycles. The van der Waals surface area contributed by atoms with Crippen molar-refractivity contribution in [1.29, 1.82) is 0 Å². The van der Waals surface area contributed by atoms with Crippen LogP contribution in [0, 0.1) is 5.92 Å². The minimum absolute atomic E-state index is 0.0531. The molecule has 0 aliphatic carbocycles. The summed E-state index contributed by atoms with van der Waals surface area (Å²) in [5.41, 5.74) is 0.786. The second-order valence-corrected chi connectivity index (χ2v) is 6.36. The van der Waals surface area contributed by atoms with Crippen LogP contribution in [0.15, 0.2) is 24.3 Å². The van der Waals surface area contributed by atoms with Gasteiger partial charge in [-0.1, -0.05) is 32.4 Å². The van der Waals surface area contributed by atoms with Crippen LogP contribution in [0.1, 0.15) is 53.8 Å². The van der Waals surface area contributed by atoms with Gasteiger partial charge in [0.25, 0.3) is 11.8 Å². The number of methoxy groups -OCH3 is 1. The Morgan fingerprint density at radius 2 is 1.73 bits per heavy atom. The quantitative estimate of drug-likeness (QED) is 0.563. The van der Waals surface area contributed by atoms with Crippen LogP contribution in [0.3, 0.4) is 0 Å². The Balaban J connectivity index is 1.88. The van der Waals surface area contributed by atoms with E-state index in [1.54, 1.807) is 24.3 Å². The highest BCUT2D eigenvalue weighted by Crippen LogP contribution is 2.22. The van der Waals surface area contributed by atoms with Crippen molar-refractivity contribution in [3.63, 3.8) is 0 Å². The highest BCUT2D eigenvalue weighted by atomic mass is 16.5. The average molecular weight is 360 g/mol. The molecule has 0 spiro atoms. The number of carbonyl (C=O) groups is 4. The number of ether oxygens (including phenoxy) is 1. The van der Waals surface area contributed by atoms with E-state index in [1.165, 1.54) is 7.11 Å². The third kappa shape index (κ3) is 4.09. The van der Waals surface area contributed by atoms with Crippen LogP contribution in [-0.4, -0.2) is 48.3 Å². The van der Waals surface area contributed by atoms with E-state index >= 15 is 0 Å². The van der Waals surface area contributed by atoms with Gasteiger partial charge >= 0.3 is 5.97 Å². The van der Waals surface area contributed by atoms with Crippen molar-refractivity contribution >= 4 is 23.7 Å². The smallest absolute Gasteiger partial charge is 0.328 e. The number of hydrogen-bond donors (Lipinski definition) is 1. The third-order valence-electron chi connectivity index (χ3n) is 4.65. The van der Waals surface area contributed by atoms with Crippen molar-refractivity contribution < 1.29 is 23.9 Å². The first-order valence-corrected chi connectivity index (χ1v) is 8.73. The van der Waals surface area contributed by atoms with E-state index in [9.17, 15) is 19.2 Å². The van der Waals surface area contributed by atoms with Gasteiger partial charge in [-0.25, -0.2) is 4.79 Å². The molecule has 7 heteroatoms. The van der Waals surface area contributed by atoms with E-state index in [1.807, 2.05) is 13.8 Å². The van der Waals surface area contributed by atoms with Crippen LogP contribution < -0.4 is 5.32 Å². The van der Waals surface area contributed by atoms with E-state index in [0.29, 0.717) is 17.5 Å². The van der Waals surface area contributed by atoms with Crippen molar-refractivity contribution in [2.75, 3.05) is 13.7 Å². The molecule has 7 nitrogen and oxygen atoms in total. The molecule has 0 radical (unpaired) electrons. The van der Waals surface area contributed by atoms with Crippen molar-refractivity contribution in [1.82, 2.24) is 10.2 Å². The maximum absolute atomic E-state index is 12.3. The summed E-state index contributed by atoms with van der Waals surface area (Å²) < 4.78 is 4.73. The van der Waals surface area contributed by atoms with Gasteiger partial charge in [-0.15, -0.1) is 0 Å². The number of amides is 3. The predicted octanol–water partition coefficient (Wildman–Crippen LogP) is 1.77. The predicted molar refractivity (Wildman–Crippen MR) is 94.4 cm³/mol. The first-order chi connectivity index (χ1) is 12.4. The zero-order valence-electron chi connectivity index (χ0n) is 15.3. The third-order valence-corrected chi connectivity index (χ3v) is 4.65. The van der Waals surface area contributed by atoms with E-state index in [-0.39, 0.29) is 36.6 Å². The number of esters is 1. The Labute approximate surface area is 152 Å². The summed E-state index contributed by atoms with van der Waals surface area (Å²) in [6.45, 7) is 3.95.